The molecule has 0 saturated heterocycles. The van der Waals surface area contributed by atoms with Gasteiger partial charge in [-0.15, -0.1) is 0 Å². The summed E-state index contributed by atoms with van der Waals surface area (Å²) in [5, 5.41) is 11.2. The van der Waals surface area contributed by atoms with Crippen molar-refractivity contribution < 1.29 is 32.3 Å². The number of anilines is 1. The Kier molecular flexibility index (Phi) is 4.72. The molecule has 2 N–H and O–H groups in total. The van der Waals surface area contributed by atoms with E-state index in [9.17, 15) is 27.2 Å². The van der Waals surface area contributed by atoms with Crippen molar-refractivity contribution in [3.63, 3.8) is 0 Å². The van der Waals surface area contributed by atoms with Gasteiger partial charge in [-0.05, 0) is 31.0 Å². The first-order valence-corrected chi connectivity index (χ1v) is 6.75. The van der Waals surface area contributed by atoms with Crippen LogP contribution in [0.4, 0.5) is 23.2 Å². The first-order chi connectivity index (χ1) is 10.7. The number of amides is 1. The van der Waals surface area contributed by atoms with Gasteiger partial charge in [-0.3, -0.25) is 9.59 Å². The van der Waals surface area contributed by atoms with E-state index in [2.05, 4.69) is 5.32 Å². The smallest absolute Gasteiger partial charge is 0.416 e. The van der Waals surface area contributed by atoms with Gasteiger partial charge in [0.15, 0.2) is 0 Å². The molecule has 1 aliphatic carbocycles. The van der Waals surface area contributed by atoms with Crippen LogP contribution in [-0.2, 0) is 15.8 Å². The zero-order valence-electron chi connectivity index (χ0n) is 11.7. The minimum Gasteiger partial charge on any atom is -0.481 e. The van der Waals surface area contributed by atoms with E-state index in [1.165, 1.54) is 0 Å². The Morgan fingerprint density at radius 2 is 1.74 bits per heavy atom. The van der Waals surface area contributed by atoms with Crippen LogP contribution >= 0.6 is 0 Å². The molecular weight excluding hydrogens is 318 g/mol. The summed E-state index contributed by atoms with van der Waals surface area (Å²) in [6, 6.07) is 1.66. The third-order valence-corrected chi connectivity index (χ3v) is 3.64. The van der Waals surface area contributed by atoms with Crippen LogP contribution in [0.1, 0.15) is 18.4 Å². The van der Waals surface area contributed by atoms with Crippen molar-refractivity contribution in [3.8, 4) is 0 Å². The van der Waals surface area contributed by atoms with Crippen LogP contribution in [0.2, 0.25) is 0 Å². The summed E-state index contributed by atoms with van der Waals surface area (Å²) >= 11 is 0. The first-order valence-electron chi connectivity index (χ1n) is 6.75. The molecule has 0 spiro atoms. The average molecular weight is 331 g/mol. The quantitative estimate of drug-likeness (QED) is 0.658. The zero-order chi connectivity index (χ0) is 17.2. The van der Waals surface area contributed by atoms with Gasteiger partial charge in [0.1, 0.15) is 5.82 Å². The lowest BCUT2D eigenvalue weighted by atomic mass is 9.82. The van der Waals surface area contributed by atoms with Crippen molar-refractivity contribution in [2.75, 3.05) is 5.32 Å². The van der Waals surface area contributed by atoms with Crippen molar-refractivity contribution in [2.24, 2.45) is 11.8 Å². The normalized spacial score (nSPS) is 21.0. The fraction of sp³-hybridized carbons (Fsp3) is 0.333. The van der Waals surface area contributed by atoms with Crippen LogP contribution in [-0.4, -0.2) is 17.0 Å². The number of hydrogen-bond acceptors (Lipinski definition) is 2. The summed E-state index contributed by atoms with van der Waals surface area (Å²) < 4.78 is 51.5. The highest BCUT2D eigenvalue weighted by molar-refractivity contribution is 5.95. The van der Waals surface area contributed by atoms with Crippen molar-refractivity contribution >= 4 is 17.6 Å². The minimum absolute atomic E-state index is 0.128. The predicted molar refractivity (Wildman–Crippen MR) is 73.0 cm³/mol. The van der Waals surface area contributed by atoms with Crippen LogP contribution < -0.4 is 5.32 Å². The van der Waals surface area contributed by atoms with E-state index in [0.717, 1.165) is 0 Å². The zero-order valence-corrected chi connectivity index (χ0v) is 11.7. The van der Waals surface area contributed by atoms with Gasteiger partial charge in [-0.2, -0.15) is 13.2 Å². The van der Waals surface area contributed by atoms with E-state index in [0.29, 0.717) is 18.2 Å². The number of allylic oxidation sites excluding steroid dienone is 2. The number of benzene rings is 1. The maximum atomic E-state index is 13.6. The van der Waals surface area contributed by atoms with E-state index in [-0.39, 0.29) is 12.8 Å². The van der Waals surface area contributed by atoms with Gasteiger partial charge >= 0.3 is 12.1 Å². The molecule has 0 unspecified atom stereocenters. The second kappa shape index (κ2) is 6.39. The molecule has 1 aromatic rings. The Bertz CT molecular complexity index is 655. The van der Waals surface area contributed by atoms with Gasteiger partial charge in [0.25, 0.3) is 0 Å². The van der Waals surface area contributed by atoms with E-state index >= 15 is 0 Å². The molecule has 1 aromatic carbocycles. The molecule has 0 radical (unpaired) electrons. The second-order valence-electron chi connectivity index (χ2n) is 5.18. The summed E-state index contributed by atoms with van der Waals surface area (Å²) in [5.41, 5.74) is -1.73. The molecule has 8 heteroatoms. The number of carbonyl (C=O) groups is 2. The lowest BCUT2D eigenvalue weighted by molar-refractivity contribution is -0.146. The molecule has 4 nitrogen and oxygen atoms in total. The highest BCUT2D eigenvalue weighted by Gasteiger charge is 2.35. The van der Waals surface area contributed by atoms with Crippen LogP contribution in [0, 0.1) is 17.7 Å². The summed E-state index contributed by atoms with van der Waals surface area (Å²) in [7, 11) is 0. The number of rotatable bonds is 3. The first kappa shape index (κ1) is 17.0. The third-order valence-electron chi connectivity index (χ3n) is 3.64. The van der Waals surface area contributed by atoms with Crippen molar-refractivity contribution in [1.82, 2.24) is 0 Å². The number of aliphatic carboxylic acids is 1. The monoisotopic (exact) mass is 331 g/mol. The maximum absolute atomic E-state index is 13.6. The largest absolute Gasteiger partial charge is 0.481 e. The molecule has 23 heavy (non-hydrogen) atoms. The summed E-state index contributed by atoms with van der Waals surface area (Å²) in [6.45, 7) is 0. The molecule has 2 atom stereocenters. The average Bonchev–Trinajstić information content (AvgIpc) is 2.48. The third kappa shape index (κ3) is 3.88. The Morgan fingerprint density at radius 1 is 1.13 bits per heavy atom. The Hall–Kier alpha value is -2.38. The maximum Gasteiger partial charge on any atom is 0.416 e. The SMILES string of the molecule is O=C(O)[C@H]1CC=CC[C@@H]1C(=O)Nc1cc(C(F)(F)F)ccc1F. The molecule has 1 aliphatic rings. The fourth-order valence-corrected chi connectivity index (χ4v) is 2.40. The highest BCUT2D eigenvalue weighted by Crippen LogP contribution is 2.33. The number of nitrogens with one attached hydrogen (secondary N) is 1. The van der Waals surface area contributed by atoms with Crippen LogP contribution in [0.3, 0.4) is 0 Å². The van der Waals surface area contributed by atoms with Crippen molar-refractivity contribution in [1.29, 1.82) is 0 Å². The number of carboxylic acids is 1. The van der Waals surface area contributed by atoms with Gasteiger partial charge < -0.3 is 10.4 Å². The molecular formula is C15H13F4NO3. The van der Waals surface area contributed by atoms with Crippen LogP contribution in [0.15, 0.2) is 30.4 Å². The summed E-state index contributed by atoms with van der Waals surface area (Å²) in [6.07, 6.45) is -1.17. The number of hydrogen-bond donors (Lipinski definition) is 2. The fourth-order valence-electron chi connectivity index (χ4n) is 2.40. The summed E-state index contributed by atoms with van der Waals surface area (Å²) in [5.74, 6) is -4.98. The lowest BCUT2D eigenvalue weighted by Gasteiger charge is -2.24. The van der Waals surface area contributed by atoms with Crippen LogP contribution in [0.5, 0.6) is 0 Å². The summed E-state index contributed by atoms with van der Waals surface area (Å²) in [4.78, 5) is 23.3. The number of halogens is 4. The molecule has 0 heterocycles. The van der Waals surface area contributed by atoms with Gasteiger partial charge in [0.2, 0.25) is 5.91 Å². The number of carboxylic acid groups (broad SMARTS) is 1. The van der Waals surface area contributed by atoms with E-state index in [4.69, 9.17) is 5.11 Å². The van der Waals surface area contributed by atoms with E-state index < -0.39 is 47.0 Å². The van der Waals surface area contributed by atoms with Crippen LogP contribution in [0.25, 0.3) is 0 Å². The second-order valence-corrected chi connectivity index (χ2v) is 5.18. The van der Waals surface area contributed by atoms with Gasteiger partial charge in [0, 0.05) is 0 Å². The van der Waals surface area contributed by atoms with Crippen molar-refractivity contribution in [3.05, 3.63) is 41.7 Å². The Labute approximate surface area is 128 Å². The molecule has 1 amide bonds. The molecule has 0 aliphatic heterocycles. The molecule has 0 aromatic heterocycles. The Morgan fingerprint density at radius 3 is 2.30 bits per heavy atom. The lowest BCUT2D eigenvalue weighted by Crippen LogP contribution is -2.35. The van der Waals surface area contributed by atoms with Crippen molar-refractivity contribution in [2.45, 2.75) is 19.0 Å². The molecule has 124 valence electrons. The minimum atomic E-state index is -4.68. The van der Waals surface area contributed by atoms with Gasteiger partial charge in [-0.25, -0.2) is 4.39 Å². The molecule has 2 rings (SSSR count). The van der Waals surface area contributed by atoms with E-state index in [1.807, 2.05) is 0 Å². The Balaban J connectivity index is 2.23. The molecule has 0 bridgehead atoms. The molecule has 0 saturated carbocycles. The topological polar surface area (TPSA) is 66.4 Å². The standard InChI is InChI=1S/C15H13F4NO3/c16-11-6-5-8(15(17,18)19)7-12(11)20-13(21)9-3-1-2-4-10(9)14(22)23/h1-2,5-7,9-10H,3-4H2,(H,20,21)(H,22,23)/t9-,10-/m0/s1. The number of carbonyl (C=O) groups excluding carboxylic acids is 1. The molecule has 0 fully saturated rings. The van der Waals surface area contributed by atoms with E-state index in [1.54, 1.807) is 12.2 Å². The predicted octanol–water partition coefficient (Wildman–Crippen LogP) is 3.45. The van der Waals surface area contributed by atoms with Gasteiger partial charge in [0.05, 0.1) is 23.1 Å². The van der Waals surface area contributed by atoms with Gasteiger partial charge in [-0.1, -0.05) is 12.2 Å². The number of alkyl halides is 3. The highest BCUT2D eigenvalue weighted by atomic mass is 19.4.